The van der Waals surface area contributed by atoms with E-state index in [4.69, 9.17) is 10.5 Å². The van der Waals surface area contributed by atoms with Crippen LogP contribution >= 0.6 is 0 Å². The van der Waals surface area contributed by atoms with Gasteiger partial charge in [-0.25, -0.2) is 0 Å². The average molecular weight is 273 g/mol. The van der Waals surface area contributed by atoms with Crippen molar-refractivity contribution in [3.8, 4) is 0 Å². The number of benzene rings is 1. The number of hydrogen-bond donors (Lipinski definition) is 1. The summed E-state index contributed by atoms with van der Waals surface area (Å²) in [6.07, 6.45) is 7.77. The Morgan fingerprint density at radius 3 is 2.75 bits per heavy atom. The highest BCUT2D eigenvalue weighted by Crippen LogP contribution is 2.33. The summed E-state index contributed by atoms with van der Waals surface area (Å²) in [6, 6.07) is 8.90. The summed E-state index contributed by atoms with van der Waals surface area (Å²) in [7, 11) is 0. The molecule has 3 atom stereocenters. The molecule has 1 fully saturated rings. The Kier molecular flexibility index (Phi) is 4.74. The Balaban J connectivity index is 1.52. The fourth-order valence-electron chi connectivity index (χ4n) is 4.03. The van der Waals surface area contributed by atoms with Crippen molar-refractivity contribution in [1.29, 1.82) is 0 Å². The Morgan fingerprint density at radius 1 is 1.00 bits per heavy atom. The molecule has 2 aliphatic rings. The highest BCUT2D eigenvalue weighted by molar-refractivity contribution is 5.32. The SMILES string of the molecule is NCC1CCCC1COCC1CCCc2ccccc21. The lowest BCUT2D eigenvalue weighted by Gasteiger charge is -2.26. The predicted octanol–water partition coefficient (Wildman–Crippen LogP) is 3.50. The zero-order valence-electron chi connectivity index (χ0n) is 12.4. The van der Waals surface area contributed by atoms with E-state index in [1.54, 1.807) is 0 Å². The van der Waals surface area contributed by atoms with Gasteiger partial charge in [0.2, 0.25) is 0 Å². The van der Waals surface area contributed by atoms with E-state index in [9.17, 15) is 0 Å². The van der Waals surface area contributed by atoms with Gasteiger partial charge in [-0.2, -0.15) is 0 Å². The van der Waals surface area contributed by atoms with Gasteiger partial charge in [-0.3, -0.25) is 0 Å². The van der Waals surface area contributed by atoms with Crippen molar-refractivity contribution >= 4 is 0 Å². The summed E-state index contributed by atoms with van der Waals surface area (Å²) in [6.45, 7) is 2.64. The smallest absolute Gasteiger partial charge is 0.0534 e. The molecule has 2 nitrogen and oxygen atoms in total. The molecule has 1 aromatic rings. The molecule has 0 amide bonds. The molecule has 0 radical (unpaired) electrons. The van der Waals surface area contributed by atoms with Gasteiger partial charge in [-0.05, 0) is 61.6 Å². The van der Waals surface area contributed by atoms with Crippen LogP contribution in [0.2, 0.25) is 0 Å². The zero-order chi connectivity index (χ0) is 13.8. The number of nitrogens with two attached hydrogens (primary N) is 1. The van der Waals surface area contributed by atoms with E-state index in [2.05, 4.69) is 24.3 Å². The van der Waals surface area contributed by atoms with Crippen LogP contribution in [0.1, 0.15) is 49.1 Å². The highest BCUT2D eigenvalue weighted by Gasteiger charge is 2.27. The average Bonchev–Trinajstić information content (AvgIpc) is 2.95. The first kappa shape index (κ1) is 14.1. The molecule has 1 aromatic carbocycles. The van der Waals surface area contributed by atoms with Gasteiger partial charge in [0.05, 0.1) is 6.61 Å². The quantitative estimate of drug-likeness (QED) is 0.891. The summed E-state index contributed by atoms with van der Waals surface area (Å²) in [5, 5.41) is 0. The van der Waals surface area contributed by atoms with E-state index in [0.717, 1.165) is 19.8 Å². The van der Waals surface area contributed by atoms with Crippen molar-refractivity contribution < 1.29 is 4.74 Å². The van der Waals surface area contributed by atoms with Gasteiger partial charge in [-0.15, -0.1) is 0 Å². The molecular weight excluding hydrogens is 246 g/mol. The van der Waals surface area contributed by atoms with Crippen molar-refractivity contribution in [2.24, 2.45) is 17.6 Å². The molecule has 0 aromatic heterocycles. The second-order valence-corrected chi connectivity index (χ2v) is 6.51. The van der Waals surface area contributed by atoms with Gasteiger partial charge in [-0.1, -0.05) is 30.7 Å². The lowest BCUT2D eigenvalue weighted by atomic mass is 9.83. The maximum absolute atomic E-state index is 6.09. The van der Waals surface area contributed by atoms with E-state index in [0.29, 0.717) is 17.8 Å². The van der Waals surface area contributed by atoms with E-state index >= 15 is 0 Å². The van der Waals surface area contributed by atoms with Crippen LogP contribution in [0.25, 0.3) is 0 Å². The van der Waals surface area contributed by atoms with Crippen LogP contribution in [0, 0.1) is 11.8 Å². The molecule has 20 heavy (non-hydrogen) atoms. The fourth-order valence-corrected chi connectivity index (χ4v) is 4.03. The maximum Gasteiger partial charge on any atom is 0.0534 e. The first-order valence-electron chi connectivity index (χ1n) is 8.24. The number of aryl methyl sites for hydroxylation is 1. The molecule has 1 saturated carbocycles. The minimum Gasteiger partial charge on any atom is -0.381 e. The van der Waals surface area contributed by atoms with E-state index in [-0.39, 0.29) is 0 Å². The molecule has 2 aliphatic carbocycles. The zero-order valence-corrected chi connectivity index (χ0v) is 12.4. The van der Waals surface area contributed by atoms with Gasteiger partial charge in [0.25, 0.3) is 0 Å². The van der Waals surface area contributed by atoms with Gasteiger partial charge < -0.3 is 10.5 Å². The molecule has 110 valence electrons. The summed E-state index contributed by atoms with van der Waals surface area (Å²) < 4.78 is 6.09. The van der Waals surface area contributed by atoms with Crippen LogP contribution < -0.4 is 5.73 Å². The van der Waals surface area contributed by atoms with Crippen LogP contribution in [-0.2, 0) is 11.2 Å². The minimum absolute atomic E-state index is 0.609. The Bertz CT molecular complexity index is 431. The summed E-state index contributed by atoms with van der Waals surface area (Å²) >= 11 is 0. The normalized spacial score (nSPS) is 29.4. The molecule has 0 aliphatic heterocycles. The summed E-state index contributed by atoms with van der Waals surface area (Å²) in [4.78, 5) is 0. The van der Waals surface area contributed by atoms with Crippen LogP contribution in [0.5, 0.6) is 0 Å². The Labute approximate surface area is 122 Å². The molecule has 3 unspecified atom stereocenters. The van der Waals surface area contributed by atoms with Crippen molar-refractivity contribution in [2.75, 3.05) is 19.8 Å². The van der Waals surface area contributed by atoms with Crippen LogP contribution in [-0.4, -0.2) is 19.8 Å². The molecule has 0 spiro atoms. The third-order valence-corrected chi connectivity index (χ3v) is 5.26. The number of ether oxygens (including phenoxy) is 1. The maximum atomic E-state index is 6.09. The standard InChI is InChI=1S/C18H27NO/c19-11-15-7-4-8-16(15)12-20-13-17-9-3-6-14-5-1-2-10-18(14)17/h1-2,5,10,15-17H,3-4,6-9,11-13,19H2. The lowest BCUT2D eigenvalue weighted by Crippen LogP contribution is -2.24. The third kappa shape index (κ3) is 3.07. The lowest BCUT2D eigenvalue weighted by molar-refractivity contribution is 0.0735. The molecule has 0 heterocycles. The fraction of sp³-hybridized carbons (Fsp3) is 0.667. The second kappa shape index (κ2) is 6.73. The van der Waals surface area contributed by atoms with E-state index in [1.165, 1.54) is 49.7 Å². The molecule has 0 saturated heterocycles. The number of fused-ring (bicyclic) bond motifs is 1. The van der Waals surface area contributed by atoms with Crippen LogP contribution in [0.4, 0.5) is 0 Å². The minimum atomic E-state index is 0.609. The van der Waals surface area contributed by atoms with Gasteiger partial charge in [0, 0.05) is 12.5 Å². The van der Waals surface area contributed by atoms with Crippen molar-refractivity contribution in [1.82, 2.24) is 0 Å². The third-order valence-electron chi connectivity index (χ3n) is 5.26. The largest absolute Gasteiger partial charge is 0.381 e. The van der Waals surface area contributed by atoms with Crippen LogP contribution in [0.3, 0.4) is 0 Å². The van der Waals surface area contributed by atoms with Crippen LogP contribution in [0.15, 0.2) is 24.3 Å². The first-order chi connectivity index (χ1) is 9.88. The van der Waals surface area contributed by atoms with E-state index in [1.807, 2.05) is 0 Å². The van der Waals surface area contributed by atoms with Crippen molar-refractivity contribution in [2.45, 2.75) is 44.4 Å². The second-order valence-electron chi connectivity index (χ2n) is 6.51. The van der Waals surface area contributed by atoms with Gasteiger partial charge in [0.15, 0.2) is 0 Å². The summed E-state index contributed by atoms with van der Waals surface area (Å²) in [5.41, 5.74) is 8.91. The predicted molar refractivity (Wildman–Crippen MR) is 82.8 cm³/mol. The van der Waals surface area contributed by atoms with Crippen molar-refractivity contribution in [3.05, 3.63) is 35.4 Å². The topological polar surface area (TPSA) is 35.2 Å². The van der Waals surface area contributed by atoms with Gasteiger partial charge >= 0.3 is 0 Å². The molecule has 3 rings (SSSR count). The number of hydrogen-bond acceptors (Lipinski definition) is 2. The summed E-state index contributed by atoms with van der Waals surface area (Å²) in [5.74, 6) is 2.02. The molecular formula is C18H27NO. The van der Waals surface area contributed by atoms with Gasteiger partial charge in [0.1, 0.15) is 0 Å². The highest BCUT2D eigenvalue weighted by atomic mass is 16.5. The molecule has 2 N–H and O–H groups in total. The Morgan fingerprint density at radius 2 is 1.85 bits per heavy atom. The molecule has 0 bridgehead atoms. The van der Waals surface area contributed by atoms with Crippen molar-refractivity contribution in [3.63, 3.8) is 0 Å². The first-order valence-corrected chi connectivity index (χ1v) is 8.24. The monoisotopic (exact) mass is 273 g/mol. The van der Waals surface area contributed by atoms with E-state index < -0.39 is 0 Å². The number of rotatable bonds is 5. The Hall–Kier alpha value is -0.860. The molecule has 2 heteroatoms.